The summed E-state index contributed by atoms with van der Waals surface area (Å²) in [5.41, 5.74) is 4.91. The number of fused-ring (bicyclic) bond motifs is 1. The number of carbonyl (C=O) groups is 1. The molecular weight excluding hydrogens is 434 g/mol. The van der Waals surface area contributed by atoms with E-state index in [0.717, 1.165) is 57.9 Å². The summed E-state index contributed by atoms with van der Waals surface area (Å²) in [6.45, 7) is 7.57. The third-order valence-electron chi connectivity index (χ3n) is 7.14. The summed E-state index contributed by atoms with van der Waals surface area (Å²) in [4.78, 5) is 12.7. The van der Waals surface area contributed by atoms with Gasteiger partial charge < -0.3 is 4.74 Å². The molecule has 0 aromatic heterocycles. The Labute approximate surface area is 196 Å². The van der Waals surface area contributed by atoms with Gasteiger partial charge in [0.1, 0.15) is 0 Å². The minimum atomic E-state index is -3.83. The van der Waals surface area contributed by atoms with Gasteiger partial charge in [0, 0.05) is 5.39 Å². The first-order chi connectivity index (χ1) is 15.6. The van der Waals surface area contributed by atoms with Gasteiger partial charge in [0.05, 0.1) is 23.6 Å². The lowest BCUT2D eigenvalue weighted by molar-refractivity contribution is -0.145. The van der Waals surface area contributed by atoms with Crippen molar-refractivity contribution in [3.8, 4) is 0 Å². The van der Waals surface area contributed by atoms with E-state index in [2.05, 4.69) is 10.8 Å². The fourth-order valence-electron chi connectivity index (χ4n) is 5.20. The van der Waals surface area contributed by atoms with Crippen molar-refractivity contribution < 1.29 is 17.9 Å². The van der Waals surface area contributed by atoms with Gasteiger partial charge >= 0.3 is 5.97 Å². The van der Waals surface area contributed by atoms with Gasteiger partial charge in [-0.1, -0.05) is 42.8 Å². The van der Waals surface area contributed by atoms with Crippen LogP contribution >= 0.6 is 0 Å². The summed E-state index contributed by atoms with van der Waals surface area (Å²) in [5, 5.41) is 1.77. The van der Waals surface area contributed by atoms with E-state index in [4.69, 9.17) is 4.74 Å². The molecule has 0 saturated heterocycles. The topological polar surface area (TPSA) is 72.5 Å². The van der Waals surface area contributed by atoms with Crippen LogP contribution in [0, 0.1) is 33.6 Å². The normalized spacial score (nSPS) is 18.5. The monoisotopic (exact) mass is 465 g/mol. The molecule has 33 heavy (non-hydrogen) atoms. The van der Waals surface area contributed by atoms with Crippen molar-refractivity contribution in [3.63, 3.8) is 0 Å². The number of sulfonamides is 1. The Morgan fingerprint density at radius 2 is 1.64 bits per heavy atom. The zero-order valence-corrected chi connectivity index (χ0v) is 20.7. The van der Waals surface area contributed by atoms with Crippen LogP contribution in [0.4, 0.5) is 5.69 Å². The molecule has 1 saturated carbocycles. The van der Waals surface area contributed by atoms with Crippen LogP contribution in [0.5, 0.6) is 0 Å². The molecule has 0 heterocycles. The van der Waals surface area contributed by atoms with Gasteiger partial charge in [0.15, 0.2) is 0 Å². The molecule has 6 heteroatoms. The maximum absolute atomic E-state index is 13.7. The van der Waals surface area contributed by atoms with E-state index in [9.17, 15) is 13.2 Å². The zero-order chi connectivity index (χ0) is 23.9. The minimum absolute atomic E-state index is 0.00926. The molecule has 1 aliphatic carbocycles. The smallest absolute Gasteiger partial charge is 0.309 e. The molecule has 0 aliphatic heterocycles. The highest BCUT2D eigenvalue weighted by Crippen LogP contribution is 2.43. The third kappa shape index (κ3) is 4.24. The predicted molar refractivity (Wildman–Crippen MR) is 132 cm³/mol. The largest absolute Gasteiger partial charge is 0.469 e. The number of esters is 1. The molecule has 3 aromatic carbocycles. The summed E-state index contributed by atoms with van der Waals surface area (Å²) in [5.74, 6) is -0.395. The fraction of sp³-hybridized carbons (Fsp3) is 0.370. The highest BCUT2D eigenvalue weighted by Gasteiger charge is 2.35. The van der Waals surface area contributed by atoms with Crippen LogP contribution in [0.1, 0.15) is 53.0 Å². The molecule has 0 radical (unpaired) electrons. The van der Waals surface area contributed by atoms with Gasteiger partial charge in [-0.2, -0.15) is 0 Å². The van der Waals surface area contributed by atoms with Crippen molar-refractivity contribution in [1.29, 1.82) is 0 Å². The van der Waals surface area contributed by atoms with E-state index in [1.807, 2.05) is 64.1 Å². The Balaban J connectivity index is 1.84. The molecule has 2 atom stereocenters. The highest BCUT2D eigenvalue weighted by molar-refractivity contribution is 7.92. The van der Waals surface area contributed by atoms with Gasteiger partial charge in [-0.15, -0.1) is 0 Å². The molecule has 1 aliphatic rings. The number of nitrogens with one attached hydrogen (secondary N) is 1. The summed E-state index contributed by atoms with van der Waals surface area (Å²) in [6.07, 6.45) is 2.60. The molecule has 0 bridgehead atoms. The first-order valence-electron chi connectivity index (χ1n) is 11.3. The van der Waals surface area contributed by atoms with Crippen LogP contribution in [0.15, 0.2) is 47.4 Å². The number of carbonyl (C=O) groups excluding carboxylic acids is 1. The Morgan fingerprint density at radius 3 is 2.30 bits per heavy atom. The predicted octanol–water partition coefficient (Wildman–Crippen LogP) is 5.93. The van der Waals surface area contributed by atoms with Crippen LogP contribution in [-0.2, 0) is 19.6 Å². The van der Waals surface area contributed by atoms with Gasteiger partial charge in [0.25, 0.3) is 10.0 Å². The summed E-state index contributed by atoms with van der Waals surface area (Å²) < 4.78 is 35.2. The quantitative estimate of drug-likeness (QED) is 0.474. The lowest BCUT2D eigenvalue weighted by Gasteiger charge is -2.21. The summed E-state index contributed by atoms with van der Waals surface area (Å²) in [6, 6.07) is 13.7. The molecule has 4 rings (SSSR count). The molecule has 0 spiro atoms. The second kappa shape index (κ2) is 8.82. The van der Waals surface area contributed by atoms with Crippen molar-refractivity contribution in [2.75, 3.05) is 11.8 Å². The molecule has 174 valence electrons. The van der Waals surface area contributed by atoms with Gasteiger partial charge in [-0.3, -0.25) is 9.52 Å². The Bertz CT molecular complexity index is 1320. The molecule has 5 nitrogen and oxygen atoms in total. The van der Waals surface area contributed by atoms with Crippen LogP contribution in [0.3, 0.4) is 0 Å². The van der Waals surface area contributed by atoms with Gasteiger partial charge in [-0.05, 0) is 85.7 Å². The van der Waals surface area contributed by atoms with Crippen molar-refractivity contribution in [2.24, 2.45) is 5.92 Å². The Morgan fingerprint density at radius 1 is 0.970 bits per heavy atom. The maximum Gasteiger partial charge on any atom is 0.309 e. The number of hydrogen-bond acceptors (Lipinski definition) is 4. The number of benzene rings is 3. The van der Waals surface area contributed by atoms with Gasteiger partial charge in [-0.25, -0.2) is 8.42 Å². The number of methoxy groups -OCH3 is 1. The molecule has 1 fully saturated rings. The molecule has 3 aromatic rings. The van der Waals surface area contributed by atoms with Crippen molar-refractivity contribution in [3.05, 3.63) is 70.3 Å². The average molecular weight is 466 g/mol. The van der Waals surface area contributed by atoms with Gasteiger partial charge in [0.2, 0.25) is 0 Å². The first-order valence-corrected chi connectivity index (χ1v) is 12.8. The van der Waals surface area contributed by atoms with Crippen LogP contribution < -0.4 is 4.72 Å². The van der Waals surface area contributed by atoms with E-state index in [-0.39, 0.29) is 17.8 Å². The number of anilines is 1. The molecule has 2 unspecified atom stereocenters. The standard InChI is InChI=1S/C27H31NO4S/c1-16-13-17(2)19(4)26(18(16)3)33(30,31)28-25-15-21(14-20-9-6-7-10-23(20)25)22-11-8-12-24(22)27(29)32-5/h6-7,9-10,13-15,22,24,28H,8,11-12H2,1-5H3. The van der Waals surface area contributed by atoms with Crippen molar-refractivity contribution >= 4 is 32.5 Å². The zero-order valence-electron chi connectivity index (χ0n) is 19.9. The number of ether oxygens (including phenoxy) is 1. The first kappa shape index (κ1) is 23.3. The Kier molecular flexibility index (Phi) is 6.23. The van der Waals surface area contributed by atoms with E-state index < -0.39 is 10.0 Å². The average Bonchev–Trinajstić information content (AvgIpc) is 3.27. The highest BCUT2D eigenvalue weighted by atomic mass is 32.2. The molecule has 1 N–H and O–H groups in total. The molecule has 0 amide bonds. The maximum atomic E-state index is 13.7. The SMILES string of the molecule is COC(=O)C1CCCC1c1cc(NS(=O)(=O)c2c(C)c(C)cc(C)c2C)c2ccccc2c1. The Hall–Kier alpha value is -2.86. The van der Waals surface area contributed by atoms with Crippen molar-refractivity contribution in [1.82, 2.24) is 0 Å². The number of aryl methyl sites for hydroxylation is 2. The second-order valence-electron chi connectivity index (χ2n) is 9.15. The number of rotatable bonds is 5. The van der Waals surface area contributed by atoms with E-state index in [1.54, 1.807) is 0 Å². The van der Waals surface area contributed by atoms with Crippen molar-refractivity contribution in [2.45, 2.75) is 57.8 Å². The van der Waals surface area contributed by atoms with E-state index >= 15 is 0 Å². The lowest BCUT2D eigenvalue weighted by atomic mass is 9.87. The van der Waals surface area contributed by atoms with Crippen LogP contribution in [0.25, 0.3) is 10.8 Å². The van der Waals surface area contributed by atoms with E-state index in [0.29, 0.717) is 10.6 Å². The number of hydrogen-bond donors (Lipinski definition) is 1. The van der Waals surface area contributed by atoms with Crippen LogP contribution in [0.2, 0.25) is 0 Å². The van der Waals surface area contributed by atoms with Crippen LogP contribution in [-0.4, -0.2) is 21.5 Å². The van der Waals surface area contributed by atoms with E-state index in [1.165, 1.54) is 7.11 Å². The molecular formula is C27H31NO4S. The summed E-state index contributed by atoms with van der Waals surface area (Å²) in [7, 11) is -2.40. The summed E-state index contributed by atoms with van der Waals surface area (Å²) >= 11 is 0. The minimum Gasteiger partial charge on any atom is -0.469 e. The third-order valence-corrected chi connectivity index (χ3v) is 8.78. The fourth-order valence-corrected chi connectivity index (χ4v) is 6.89. The second-order valence-corrected chi connectivity index (χ2v) is 10.8. The lowest BCUT2D eigenvalue weighted by Crippen LogP contribution is -2.20.